The molecule has 0 saturated carbocycles. The smallest absolute Gasteiger partial charge is 0.198 e. The molecule has 12 rings (SSSR count). The molecule has 2 aromatic heterocycles. The number of hydrogen-bond donors (Lipinski definition) is 1. The minimum Gasteiger partial charge on any atom is -0.455 e. The lowest BCUT2D eigenvalue weighted by molar-refractivity contribution is 0.590. The number of aromatic nitrogens is 1. The maximum Gasteiger partial charge on any atom is 0.198 e. The summed E-state index contributed by atoms with van der Waals surface area (Å²) in [5, 5.41) is 7.74. The van der Waals surface area contributed by atoms with Gasteiger partial charge in [-0.15, -0.1) is 0 Å². The van der Waals surface area contributed by atoms with Crippen molar-refractivity contribution in [2.75, 3.05) is 5.32 Å². The van der Waals surface area contributed by atoms with Gasteiger partial charge in [-0.1, -0.05) is 191 Å². The molecule has 3 nitrogen and oxygen atoms in total. The van der Waals surface area contributed by atoms with Crippen molar-refractivity contribution in [3.05, 3.63) is 186 Å². The van der Waals surface area contributed by atoms with Crippen LogP contribution in [0.4, 0.5) is 11.4 Å². The van der Waals surface area contributed by atoms with Crippen LogP contribution < -0.4 is 16.2 Å². The molecule has 0 unspecified atom stereocenters. The highest BCUT2D eigenvalue weighted by Gasteiger charge is 2.43. The third-order valence-corrected chi connectivity index (χ3v) is 15.3. The lowest BCUT2D eigenvalue weighted by Gasteiger charge is -2.29. The minimum absolute atomic E-state index is 0.0440. The molecule has 10 aromatic rings. The standard InChI is InChI=1S/C65H60BN2O/c1-62(2,3)40-26-30-43(31-27-40)67-50-32-28-41(63(4,5)6)34-45(50)56-55-44-24-18-19-25-48(44)65(10,11)58(55)57-46-35-42(64(7,8)9)29-33-51(46)68-52-36-47-53(37-49(52)66-59(56)60(57)68)69-61(39-22-16-13-17-23-39)54(47)38-20-14-12-15-21-38/h12-37,67H,1-11H3. The van der Waals surface area contributed by atoms with Crippen LogP contribution in [0.3, 0.4) is 0 Å². The van der Waals surface area contributed by atoms with E-state index in [1.807, 2.05) is 0 Å². The molecule has 0 saturated heterocycles. The van der Waals surface area contributed by atoms with Gasteiger partial charge in [0.15, 0.2) is 7.28 Å². The second-order valence-electron chi connectivity index (χ2n) is 23.3. The molecular weight excluding hydrogens is 836 g/mol. The Hall–Kier alpha value is -7.04. The zero-order valence-corrected chi connectivity index (χ0v) is 41.9. The number of furan rings is 1. The highest BCUT2D eigenvalue weighted by atomic mass is 16.3. The van der Waals surface area contributed by atoms with Gasteiger partial charge in [0, 0.05) is 60.8 Å². The molecule has 69 heavy (non-hydrogen) atoms. The molecule has 1 aliphatic heterocycles. The van der Waals surface area contributed by atoms with E-state index in [-0.39, 0.29) is 21.7 Å². The van der Waals surface area contributed by atoms with Gasteiger partial charge in [-0.3, -0.25) is 0 Å². The first-order valence-corrected chi connectivity index (χ1v) is 24.8. The van der Waals surface area contributed by atoms with Crippen molar-refractivity contribution < 1.29 is 4.42 Å². The van der Waals surface area contributed by atoms with Gasteiger partial charge in [-0.05, 0) is 120 Å². The van der Waals surface area contributed by atoms with Crippen molar-refractivity contribution in [3.8, 4) is 50.4 Å². The van der Waals surface area contributed by atoms with Crippen LogP contribution in [0.2, 0.25) is 0 Å². The van der Waals surface area contributed by atoms with Gasteiger partial charge < -0.3 is 14.3 Å². The predicted molar refractivity (Wildman–Crippen MR) is 295 cm³/mol. The van der Waals surface area contributed by atoms with Gasteiger partial charge in [-0.25, -0.2) is 0 Å². The molecule has 4 heteroatoms. The lowest BCUT2D eigenvalue weighted by Crippen LogP contribution is -2.38. The molecule has 0 fully saturated rings. The van der Waals surface area contributed by atoms with E-state index in [9.17, 15) is 0 Å². The average Bonchev–Trinajstić information content (AvgIpc) is 3.94. The largest absolute Gasteiger partial charge is 0.455 e. The lowest BCUT2D eigenvalue weighted by atomic mass is 9.57. The molecular formula is C65H60BN2O. The Kier molecular flexibility index (Phi) is 9.39. The molecule has 8 aromatic carbocycles. The molecule has 0 amide bonds. The first kappa shape index (κ1) is 43.3. The predicted octanol–water partition coefficient (Wildman–Crippen LogP) is 16.4. The van der Waals surface area contributed by atoms with Crippen LogP contribution in [0.5, 0.6) is 0 Å². The zero-order chi connectivity index (χ0) is 47.9. The second kappa shape index (κ2) is 15.0. The first-order chi connectivity index (χ1) is 32.9. The highest BCUT2D eigenvalue weighted by Crippen LogP contribution is 2.57. The average molecular weight is 896 g/mol. The van der Waals surface area contributed by atoms with Crippen LogP contribution in [-0.4, -0.2) is 11.8 Å². The third kappa shape index (κ3) is 6.69. The number of anilines is 2. The van der Waals surface area contributed by atoms with Gasteiger partial charge >= 0.3 is 0 Å². The molecule has 1 radical (unpaired) electrons. The number of nitrogens with one attached hydrogen (secondary N) is 1. The topological polar surface area (TPSA) is 30.1 Å². The quantitative estimate of drug-likeness (QED) is 0.175. The highest BCUT2D eigenvalue weighted by molar-refractivity contribution is 6.74. The van der Waals surface area contributed by atoms with E-state index in [2.05, 4.69) is 251 Å². The monoisotopic (exact) mass is 895 g/mol. The Bertz CT molecular complexity index is 3720. The van der Waals surface area contributed by atoms with Crippen molar-refractivity contribution in [3.63, 3.8) is 0 Å². The third-order valence-electron chi connectivity index (χ3n) is 15.3. The van der Waals surface area contributed by atoms with E-state index in [0.717, 1.165) is 55.9 Å². The fourth-order valence-electron chi connectivity index (χ4n) is 11.5. The fourth-order valence-corrected chi connectivity index (χ4v) is 11.5. The van der Waals surface area contributed by atoms with Gasteiger partial charge in [0.25, 0.3) is 0 Å². The van der Waals surface area contributed by atoms with Crippen LogP contribution in [0, 0.1) is 0 Å². The summed E-state index contributed by atoms with van der Waals surface area (Å²) in [5.74, 6) is 0.886. The Morgan fingerprint density at radius 2 is 1.14 bits per heavy atom. The summed E-state index contributed by atoms with van der Waals surface area (Å²) in [4.78, 5) is 0. The van der Waals surface area contributed by atoms with Crippen molar-refractivity contribution in [2.24, 2.45) is 0 Å². The Morgan fingerprint density at radius 3 is 1.83 bits per heavy atom. The number of fused-ring (bicyclic) bond motifs is 10. The molecule has 0 spiro atoms. The number of benzene rings is 8. The van der Waals surface area contributed by atoms with Gasteiger partial charge in [0.2, 0.25) is 0 Å². The van der Waals surface area contributed by atoms with Crippen molar-refractivity contribution in [2.45, 2.75) is 97.8 Å². The van der Waals surface area contributed by atoms with Crippen LogP contribution in [0.25, 0.3) is 83.2 Å². The Labute approximate surface area is 408 Å². The summed E-state index contributed by atoms with van der Waals surface area (Å²) < 4.78 is 9.69. The zero-order valence-electron chi connectivity index (χ0n) is 41.9. The molecule has 0 atom stereocenters. The molecule has 2 aliphatic rings. The fraction of sp³-hybridized carbons (Fsp3) is 0.231. The maximum absolute atomic E-state index is 7.08. The second-order valence-corrected chi connectivity index (χ2v) is 23.3. The van der Waals surface area contributed by atoms with Crippen LogP contribution >= 0.6 is 0 Å². The number of hydrogen-bond acceptors (Lipinski definition) is 2. The van der Waals surface area contributed by atoms with Crippen LogP contribution in [0.1, 0.15) is 104 Å². The molecule has 339 valence electrons. The molecule has 3 heterocycles. The molecule has 1 N–H and O–H groups in total. The Balaban J connectivity index is 1.24. The van der Waals surface area contributed by atoms with E-state index in [1.54, 1.807) is 0 Å². The summed E-state index contributed by atoms with van der Waals surface area (Å²) in [5.41, 5.74) is 23.8. The van der Waals surface area contributed by atoms with E-state index in [1.165, 1.54) is 77.3 Å². The first-order valence-electron chi connectivity index (χ1n) is 24.8. The maximum atomic E-state index is 7.08. The van der Waals surface area contributed by atoms with Crippen molar-refractivity contribution in [1.29, 1.82) is 0 Å². The van der Waals surface area contributed by atoms with E-state index in [4.69, 9.17) is 4.42 Å². The van der Waals surface area contributed by atoms with Gasteiger partial charge in [0.05, 0.1) is 5.52 Å². The Morgan fingerprint density at radius 1 is 0.536 bits per heavy atom. The minimum atomic E-state index is -0.298. The summed E-state index contributed by atoms with van der Waals surface area (Å²) in [6.07, 6.45) is 0. The summed E-state index contributed by atoms with van der Waals surface area (Å²) >= 11 is 0. The van der Waals surface area contributed by atoms with Crippen LogP contribution in [-0.2, 0) is 21.7 Å². The van der Waals surface area contributed by atoms with Crippen LogP contribution in [0.15, 0.2) is 162 Å². The number of rotatable bonds is 5. The normalized spacial score (nSPS) is 14.0. The SMILES string of the molecule is CC(C)(C)c1ccc(Nc2ccc(C(C)(C)C)cc2-c2c3c(c4c5cc(C(C)(C)C)ccc5n5c4c2[B]c2cc4oc(-c6ccccc6)c(-c6ccccc6)c4cc2-5)C(C)(C)c2ccccc2-3)cc1. The summed E-state index contributed by atoms with van der Waals surface area (Å²) in [6, 6.07) is 58.7. The summed E-state index contributed by atoms with van der Waals surface area (Å²) in [6.45, 7) is 25.7. The molecule has 1 aliphatic carbocycles. The van der Waals surface area contributed by atoms with E-state index >= 15 is 0 Å². The summed E-state index contributed by atoms with van der Waals surface area (Å²) in [7, 11) is 2.49. The van der Waals surface area contributed by atoms with Crippen molar-refractivity contribution in [1.82, 2.24) is 4.57 Å². The van der Waals surface area contributed by atoms with Crippen molar-refractivity contribution >= 4 is 62.4 Å². The van der Waals surface area contributed by atoms with E-state index < -0.39 is 0 Å². The molecule has 0 bridgehead atoms. The van der Waals surface area contributed by atoms with Gasteiger partial charge in [0.1, 0.15) is 11.3 Å². The van der Waals surface area contributed by atoms with E-state index in [0.29, 0.717) is 0 Å². The number of nitrogens with zero attached hydrogens (tertiary/aromatic N) is 1. The van der Waals surface area contributed by atoms with Gasteiger partial charge in [-0.2, -0.15) is 0 Å².